The van der Waals surface area contributed by atoms with E-state index >= 15 is 0 Å². The molecular weight excluding hydrogens is 167 g/mol. The molecular formula is C13H24B. The van der Waals surface area contributed by atoms with Crippen molar-refractivity contribution in [1.82, 2.24) is 0 Å². The molecule has 0 saturated carbocycles. The van der Waals surface area contributed by atoms with Gasteiger partial charge in [-0.05, 0) is 0 Å². The monoisotopic (exact) mass is 191 g/mol. The molecule has 0 aromatic rings. The van der Waals surface area contributed by atoms with Crippen LogP contribution in [0.3, 0.4) is 0 Å². The maximum Gasteiger partial charge on any atom is 0.125 e. The fraction of sp³-hybridized carbons (Fsp3) is 1.00. The van der Waals surface area contributed by atoms with Gasteiger partial charge in [0.1, 0.15) is 7.28 Å². The molecule has 2 aliphatic heterocycles. The molecule has 0 spiro atoms. The molecule has 79 valence electrons. The van der Waals surface area contributed by atoms with Crippen molar-refractivity contribution in [3.8, 4) is 0 Å². The van der Waals surface area contributed by atoms with Gasteiger partial charge in [-0.15, -0.1) is 0 Å². The van der Waals surface area contributed by atoms with Gasteiger partial charge in [-0.1, -0.05) is 82.3 Å². The predicted molar refractivity (Wildman–Crippen MR) is 64.0 cm³/mol. The van der Waals surface area contributed by atoms with Crippen LogP contribution in [0.1, 0.15) is 71.6 Å². The maximum atomic E-state index is 2.78. The Labute approximate surface area is 90.1 Å². The van der Waals surface area contributed by atoms with Gasteiger partial charge < -0.3 is 0 Å². The van der Waals surface area contributed by atoms with Crippen LogP contribution >= 0.6 is 0 Å². The third kappa shape index (κ3) is 2.02. The SMILES string of the molecule is CCC12[B]C(C)(CCCC1)CCCC2. The molecule has 2 aliphatic rings. The van der Waals surface area contributed by atoms with Crippen LogP contribution in [-0.2, 0) is 0 Å². The minimum Gasteiger partial charge on any atom is -0.0669 e. The fourth-order valence-electron chi connectivity index (χ4n) is 3.75. The van der Waals surface area contributed by atoms with E-state index < -0.39 is 0 Å². The summed E-state index contributed by atoms with van der Waals surface area (Å²) in [6.07, 6.45) is 13.1. The van der Waals surface area contributed by atoms with Gasteiger partial charge in [0.2, 0.25) is 0 Å². The smallest absolute Gasteiger partial charge is 0.0669 e. The molecule has 0 N–H and O–H groups in total. The number of hydrogen-bond acceptors (Lipinski definition) is 0. The predicted octanol–water partition coefficient (Wildman–Crippen LogP) is 4.59. The van der Waals surface area contributed by atoms with Crippen LogP contribution in [0.5, 0.6) is 0 Å². The van der Waals surface area contributed by atoms with Gasteiger partial charge in [-0.25, -0.2) is 0 Å². The standard InChI is InChI=1S/C13H24B/c1-3-13-10-6-4-8-12(2,14-13)9-5-7-11-13/h3-11H2,1-2H3. The second kappa shape index (κ2) is 3.91. The minimum atomic E-state index is 0.586. The fourth-order valence-corrected chi connectivity index (χ4v) is 3.75. The van der Waals surface area contributed by atoms with Gasteiger partial charge in [0, 0.05) is 0 Å². The summed E-state index contributed by atoms with van der Waals surface area (Å²) in [5, 5.41) is 1.21. The van der Waals surface area contributed by atoms with Crippen molar-refractivity contribution < 1.29 is 0 Å². The molecule has 2 bridgehead atoms. The number of rotatable bonds is 1. The molecule has 0 amide bonds. The Kier molecular flexibility index (Phi) is 2.95. The van der Waals surface area contributed by atoms with Crippen LogP contribution in [0, 0.1) is 0 Å². The Morgan fingerprint density at radius 3 is 1.93 bits per heavy atom. The molecule has 0 aromatic carbocycles. The first-order valence-corrected chi connectivity index (χ1v) is 6.55. The molecule has 0 aliphatic carbocycles. The Balaban J connectivity index is 2.20. The molecule has 14 heavy (non-hydrogen) atoms. The lowest BCUT2D eigenvalue weighted by Gasteiger charge is -2.35. The summed E-state index contributed by atoms with van der Waals surface area (Å²) in [6.45, 7) is 4.90. The molecule has 0 nitrogen and oxygen atoms in total. The average Bonchev–Trinajstić information content (AvgIpc) is 2.45. The maximum absolute atomic E-state index is 2.78. The summed E-state index contributed by atoms with van der Waals surface area (Å²) in [7, 11) is 2.78. The summed E-state index contributed by atoms with van der Waals surface area (Å²) >= 11 is 0. The van der Waals surface area contributed by atoms with Crippen LogP contribution in [-0.4, -0.2) is 7.28 Å². The van der Waals surface area contributed by atoms with Gasteiger partial charge in [-0.3, -0.25) is 0 Å². The third-order valence-electron chi connectivity index (χ3n) is 4.70. The van der Waals surface area contributed by atoms with Crippen molar-refractivity contribution in [2.45, 2.75) is 82.3 Å². The van der Waals surface area contributed by atoms with Crippen LogP contribution < -0.4 is 0 Å². The molecule has 1 radical (unpaired) electrons. The third-order valence-corrected chi connectivity index (χ3v) is 4.70. The van der Waals surface area contributed by atoms with E-state index in [0.29, 0.717) is 10.6 Å². The Morgan fingerprint density at radius 1 is 0.929 bits per heavy atom. The van der Waals surface area contributed by atoms with E-state index in [-0.39, 0.29) is 0 Å². The first-order chi connectivity index (χ1) is 6.68. The molecule has 2 heterocycles. The van der Waals surface area contributed by atoms with Crippen molar-refractivity contribution in [3.05, 3.63) is 0 Å². The van der Waals surface area contributed by atoms with Gasteiger partial charge >= 0.3 is 0 Å². The van der Waals surface area contributed by atoms with Crippen LogP contribution in [0.15, 0.2) is 0 Å². The van der Waals surface area contributed by atoms with E-state index in [1.165, 1.54) is 57.8 Å². The summed E-state index contributed by atoms with van der Waals surface area (Å²) < 4.78 is 0. The van der Waals surface area contributed by atoms with Crippen molar-refractivity contribution in [2.24, 2.45) is 0 Å². The van der Waals surface area contributed by atoms with E-state index in [0.717, 1.165) is 0 Å². The highest BCUT2D eigenvalue weighted by molar-refractivity contribution is 6.44. The van der Waals surface area contributed by atoms with Crippen molar-refractivity contribution in [2.75, 3.05) is 0 Å². The van der Waals surface area contributed by atoms with Crippen molar-refractivity contribution >= 4 is 7.28 Å². The van der Waals surface area contributed by atoms with E-state index in [1.807, 2.05) is 0 Å². The highest BCUT2D eigenvalue weighted by atomic mass is 14.3. The zero-order chi connectivity index (χ0) is 10.1. The van der Waals surface area contributed by atoms with Crippen LogP contribution in [0.4, 0.5) is 0 Å². The lowest BCUT2D eigenvalue weighted by Crippen LogP contribution is -2.26. The number of hydrogen-bond donors (Lipinski definition) is 0. The van der Waals surface area contributed by atoms with E-state index in [9.17, 15) is 0 Å². The zero-order valence-corrected chi connectivity index (χ0v) is 9.94. The van der Waals surface area contributed by atoms with Gasteiger partial charge in [-0.2, -0.15) is 0 Å². The first-order valence-electron chi connectivity index (χ1n) is 6.55. The molecule has 2 fully saturated rings. The average molecular weight is 191 g/mol. The quantitative estimate of drug-likeness (QED) is 0.532. The molecule has 0 atom stereocenters. The highest BCUT2D eigenvalue weighted by Gasteiger charge is 2.41. The van der Waals surface area contributed by atoms with Crippen molar-refractivity contribution in [1.29, 1.82) is 0 Å². The van der Waals surface area contributed by atoms with E-state index in [1.54, 1.807) is 0 Å². The van der Waals surface area contributed by atoms with Gasteiger partial charge in [0.05, 0.1) is 0 Å². The van der Waals surface area contributed by atoms with Crippen LogP contribution in [0.2, 0.25) is 10.6 Å². The summed E-state index contributed by atoms with van der Waals surface area (Å²) in [5.41, 5.74) is 0. The van der Waals surface area contributed by atoms with E-state index in [2.05, 4.69) is 21.1 Å². The van der Waals surface area contributed by atoms with Gasteiger partial charge in [0.15, 0.2) is 0 Å². The Hall–Kier alpha value is 0.0649. The topological polar surface area (TPSA) is 0 Å². The minimum absolute atomic E-state index is 0.586. The van der Waals surface area contributed by atoms with Crippen molar-refractivity contribution in [3.63, 3.8) is 0 Å². The highest BCUT2D eigenvalue weighted by Crippen LogP contribution is 2.55. The Morgan fingerprint density at radius 2 is 1.43 bits per heavy atom. The normalized spacial score (nSPS) is 43.6. The Bertz CT molecular complexity index is 185. The lowest BCUT2D eigenvalue weighted by molar-refractivity contribution is 0.415. The first kappa shape index (κ1) is 10.6. The molecule has 2 saturated heterocycles. The second-order valence-corrected chi connectivity index (χ2v) is 5.93. The molecule has 2 rings (SSSR count). The summed E-state index contributed by atoms with van der Waals surface area (Å²) in [4.78, 5) is 0. The molecule has 1 heteroatoms. The summed E-state index contributed by atoms with van der Waals surface area (Å²) in [6, 6.07) is 0. The van der Waals surface area contributed by atoms with Gasteiger partial charge in [0.25, 0.3) is 0 Å². The second-order valence-electron chi connectivity index (χ2n) is 5.93. The summed E-state index contributed by atoms with van der Waals surface area (Å²) in [5.74, 6) is 0. The zero-order valence-electron chi connectivity index (χ0n) is 9.94. The molecule has 0 aromatic heterocycles. The molecule has 0 unspecified atom stereocenters. The largest absolute Gasteiger partial charge is 0.125 e. The van der Waals surface area contributed by atoms with Crippen LogP contribution in [0.25, 0.3) is 0 Å². The van der Waals surface area contributed by atoms with E-state index in [4.69, 9.17) is 0 Å². The lowest BCUT2D eigenvalue weighted by atomic mass is 9.37. The number of fused-ring (bicyclic) bond motifs is 2.